The lowest BCUT2D eigenvalue weighted by Crippen LogP contribution is -2.43. The number of Topliss-reactive ketones (excluding diaryl/α,β-unsaturated/α-hetero) is 1. The number of carbonyl (C=O) groups is 1. The number of rotatable bonds is 5. The smallest absolute Gasteiger partial charge is 0.229 e. The van der Waals surface area contributed by atoms with Crippen molar-refractivity contribution >= 4 is 34.1 Å². The highest BCUT2D eigenvalue weighted by Gasteiger charge is 2.27. The average Bonchev–Trinajstić information content (AvgIpc) is 3.41. The van der Waals surface area contributed by atoms with Crippen molar-refractivity contribution in [2.24, 2.45) is 0 Å². The molecule has 7 nitrogen and oxygen atoms in total. The quantitative estimate of drug-likeness (QED) is 0.605. The van der Waals surface area contributed by atoms with Gasteiger partial charge in [-0.15, -0.1) is 0 Å². The monoisotopic (exact) mass is 418 g/mol. The number of nitrogens with one attached hydrogen (secondary N) is 2. The summed E-state index contributed by atoms with van der Waals surface area (Å²) >= 11 is 0. The number of nitrogens with zero attached hydrogens (tertiary/aromatic N) is 4. The third-order valence-electron chi connectivity index (χ3n) is 6.63. The van der Waals surface area contributed by atoms with Crippen LogP contribution in [0.3, 0.4) is 0 Å². The van der Waals surface area contributed by atoms with Crippen molar-refractivity contribution in [3.8, 4) is 0 Å². The second-order valence-electron chi connectivity index (χ2n) is 8.68. The van der Waals surface area contributed by atoms with Gasteiger partial charge in [-0.3, -0.25) is 4.79 Å². The van der Waals surface area contributed by atoms with Crippen molar-refractivity contribution in [2.45, 2.75) is 45.6 Å². The van der Waals surface area contributed by atoms with E-state index >= 15 is 0 Å². The molecule has 1 saturated heterocycles. The second-order valence-corrected chi connectivity index (χ2v) is 8.68. The summed E-state index contributed by atoms with van der Waals surface area (Å²) in [5.41, 5.74) is 4.83. The third kappa shape index (κ3) is 3.78. The van der Waals surface area contributed by atoms with Gasteiger partial charge < -0.3 is 20.1 Å². The van der Waals surface area contributed by atoms with Crippen molar-refractivity contribution in [1.29, 1.82) is 0 Å². The minimum Gasteiger partial charge on any atom is -0.369 e. The molecule has 3 heterocycles. The molecule has 1 aliphatic carbocycles. The fraction of sp³-hybridized carbons (Fsp3) is 0.458. The van der Waals surface area contributed by atoms with Crippen molar-refractivity contribution in [3.63, 3.8) is 0 Å². The molecule has 0 radical (unpaired) electrons. The van der Waals surface area contributed by atoms with E-state index in [0.717, 1.165) is 67.0 Å². The second kappa shape index (κ2) is 8.30. The van der Waals surface area contributed by atoms with Crippen LogP contribution in [0.1, 0.15) is 54.7 Å². The first kappa shape index (κ1) is 20.0. The molecular weight excluding hydrogens is 388 g/mol. The Kier molecular flexibility index (Phi) is 5.36. The molecule has 3 aromatic rings. The number of piperazine rings is 1. The van der Waals surface area contributed by atoms with Crippen LogP contribution >= 0.6 is 0 Å². The van der Waals surface area contributed by atoms with Crippen LogP contribution in [-0.4, -0.2) is 46.5 Å². The van der Waals surface area contributed by atoms with E-state index in [9.17, 15) is 4.79 Å². The Bertz CT molecular complexity index is 1090. The van der Waals surface area contributed by atoms with Gasteiger partial charge in [0.05, 0.1) is 5.69 Å². The summed E-state index contributed by atoms with van der Waals surface area (Å²) in [4.78, 5) is 24.3. The van der Waals surface area contributed by atoms with Crippen LogP contribution in [0, 0.1) is 6.92 Å². The number of ketones is 1. The number of hydrogen-bond acceptors (Lipinski definition) is 6. The molecule has 0 spiro atoms. The SMILES string of the molecule is CC(=O)c1c(C)c2cnc(Nc3ccc(N4CCNCC4)cc3)nc2n1C1CCCC1. The van der Waals surface area contributed by atoms with Crippen LogP contribution in [0.25, 0.3) is 11.0 Å². The lowest BCUT2D eigenvalue weighted by Gasteiger charge is -2.29. The third-order valence-corrected chi connectivity index (χ3v) is 6.63. The van der Waals surface area contributed by atoms with Crippen molar-refractivity contribution < 1.29 is 4.79 Å². The summed E-state index contributed by atoms with van der Waals surface area (Å²) in [6.07, 6.45) is 6.47. The van der Waals surface area contributed by atoms with E-state index in [2.05, 4.69) is 49.4 Å². The number of aromatic nitrogens is 3. The Morgan fingerprint density at radius 2 is 1.84 bits per heavy atom. The molecule has 2 aliphatic rings. The zero-order valence-corrected chi connectivity index (χ0v) is 18.3. The van der Waals surface area contributed by atoms with Crippen LogP contribution < -0.4 is 15.5 Å². The number of anilines is 3. The normalized spacial score (nSPS) is 17.4. The first-order chi connectivity index (χ1) is 15.1. The van der Waals surface area contributed by atoms with Crippen molar-refractivity contribution in [2.75, 3.05) is 36.4 Å². The first-order valence-corrected chi connectivity index (χ1v) is 11.3. The van der Waals surface area contributed by atoms with Crippen LogP contribution in [-0.2, 0) is 0 Å². The molecule has 0 atom stereocenters. The predicted octanol–water partition coefficient (Wildman–Crippen LogP) is 4.21. The van der Waals surface area contributed by atoms with Crippen LogP contribution in [0.15, 0.2) is 30.5 Å². The molecule has 0 amide bonds. The molecule has 0 bridgehead atoms. The highest BCUT2D eigenvalue weighted by Crippen LogP contribution is 2.36. The standard InChI is InChI=1S/C24H30N6O/c1-16-21-15-26-24(27-18-7-9-19(10-8-18)29-13-11-25-12-14-29)28-23(21)30(22(16)17(2)31)20-5-3-4-6-20/h7-10,15,20,25H,3-6,11-14H2,1-2H3,(H,26,27,28). The molecule has 7 heteroatoms. The maximum absolute atomic E-state index is 12.5. The molecule has 1 saturated carbocycles. The van der Waals surface area contributed by atoms with Gasteiger partial charge in [0.25, 0.3) is 0 Å². The molecule has 2 N–H and O–H groups in total. The summed E-state index contributed by atoms with van der Waals surface area (Å²) in [5.74, 6) is 0.662. The van der Waals surface area contributed by atoms with Crippen molar-refractivity contribution in [1.82, 2.24) is 19.9 Å². The van der Waals surface area contributed by atoms with Crippen LogP contribution in [0.4, 0.5) is 17.3 Å². The van der Waals surface area contributed by atoms with E-state index in [1.54, 1.807) is 6.92 Å². The summed E-state index contributed by atoms with van der Waals surface area (Å²) in [7, 11) is 0. The largest absolute Gasteiger partial charge is 0.369 e. The van der Waals surface area contributed by atoms with E-state index in [1.807, 2.05) is 13.1 Å². The number of fused-ring (bicyclic) bond motifs is 1. The van der Waals surface area contributed by atoms with E-state index in [4.69, 9.17) is 4.98 Å². The highest BCUT2D eigenvalue weighted by atomic mass is 16.1. The first-order valence-electron chi connectivity index (χ1n) is 11.3. The Hall–Kier alpha value is -2.93. The summed E-state index contributed by atoms with van der Waals surface area (Å²) in [6.45, 7) is 7.77. The number of hydrogen-bond donors (Lipinski definition) is 2. The topological polar surface area (TPSA) is 75.1 Å². The van der Waals surface area contributed by atoms with Gasteiger partial charge in [0, 0.05) is 62.1 Å². The van der Waals surface area contributed by atoms with E-state index in [1.165, 1.54) is 18.5 Å². The molecule has 0 unspecified atom stereocenters. The van der Waals surface area contributed by atoms with Gasteiger partial charge in [-0.05, 0) is 49.6 Å². The van der Waals surface area contributed by atoms with Crippen LogP contribution in [0.2, 0.25) is 0 Å². The van der Waals surface area contributed by atoms with Gasteiger partial charge in [0.2, 0.25) is 5.95 Å². The zero-order chi connectivity index (χ0) is 21.4. The fourth-order valence-corrected chi connectivity index (χ4v) is 5.05. The molecule has 1 aromatic carbocycles. The van der Waals surface area contributed by atoms with Crippen LogP contribution in [0.5, 0.6) is 0 Å². The molecule has 31 heavy (non-hydrogen) atoms. The fourth-order valence-electron chi connectivity index (χ4n) is 5.05. The number of aryl methyl sites for hydroxylation is 1. The Balaban J connectivity index is 1.45. The summed E-state index contributed by atoms with van der Waals surface area (Å²) < 4.78 is 2.18. The minimum absolute atomic E-state index is 0.0976. The molecule has 162 valence electrons. The van der Waals surface area contributed by atoms with E-state index in [-0.39, 0.29) is 5.78 Å². The molecule has 1 aliphatic heterocycles. The van der Waals surface area contributed by atoms with Gasteiger partial charge in [-0.25, -0.2) is 4.98 Å². The minimum atomic E-state index is 0.0976. The maximum Gasteiger partial charge on any atom is 0.229 e. The predicted molar refractivity (Wildman–Crippen MR) is 125 cm³/mol. The molecular formula is C24H30N6O. The summed E-state index contributed by atoms with van der Waals surface area (Å²) in [6, 6.07) is 8.79. The van der Waals surface area contributed by atoms with E-state index < -0.39 is 0 Å². The number of carbonyl (C=O) groups excluding carboxylic acids is 1. The summed E-state index contributed by atoms with van der Waals surface area (Å²) in [5, 5.41) is 7.71. The van der Waals surface area contributed by atoms with Gasteiger partial charge in [0.15, 0.2) is 5.78 Å². The Labute approximate surface area is 182 Å². The van der Waals surface area contributed by atoms with Gasteiger partial charge >= 0.3 is 0 Å². The molecule has 2 aromatic heterocycles. The van der Waals surface area contributed by atoms with Crippen molar-refractivity contribution in [3.05, 3.63) is 41.7 Å². The van der Waals surface area contributed by atoms with E-state index in [0.29, 0.717) is 12.0 Å². The lowest BCUT2D eigenvalue weighted by molar-refractivity contribution is 0.100. The van der Waals surface area contributed by atoms with Gasteiger partial charge in [-0.1, -0.05) is 12.8 Å². The van der Waals surface area contributed by atoms with Gasteiger partial charge in [-0.2, -0.15) is 4.98 Å². The lowest BCUT2D eigenvalue weighted by atomic mass is 10.1. The Morgan fingerprint density at radius 3 is 2.52 bits per heavy atom. The number of benzene rings is 1. The molecule has 2 fully saturated rings. The molecule has 5 rings (SSSR count). The van der Waals surface area contributed by atoms with Gasteiger partial charge in [0.1, 0.15) is 5.65 Å². The maximum atomic E-state index is 12.5. The zero-order valence-electron chi connectivity index (χ0n) is 18.3. The average molecular weight is 419 g/mol. The highest BCUT2D eigenvalue weighted by molar-refractivity contribution is 6.00. The Morgan fingerprint density at radius 1 is 1.13 bits per heavy atom.